The van der Waals surface area contributed by atoms with Crippen molar-refractivity contribution in [3.05, 3.63) is 112 Å². The lowest BCUT2D eigenvalue weighted by molar-refractivity contribution is 0.0592. The van der Waals surface area contributed by atoms with Crippen LogP contribution in [0.15, 0.2) is 72.8 Å². The maximum Gasteiger partial charge on any atom is 0.338 e. The van der Waals surface area contributed by atoms with Crippen LogP contribution in [0.1, 0.15) is 63.1 Å². The number of carbonyl (C=O) groups is 2. The Labute approximate surface area is 239 Å². The fourth-order valence-corrected chi connectivity index (χ4v) is 4.72. The molecule has 0 aliphatic carbocycles. The SMILES string of the molecule is CCCCc1nc(Cl)c(COCc2ccc(C(=O)OC)cc2)n1Cc1ccc(-c2ccccc2C(=O)OC)cc1. The Morgan fingerprint density at radius 3 is 2.20 bits per heavy atom. The van der Waals surface area contributed by atoms with E-state index in [4.69, 9.17) is 25.8 Å². The van der Waals surface area contributed by atoms with Crippen molar-refractivity contribution in [1.29, 1.82) is 0 Å². The Kier molecular flexibility index (Phi) is 10.1. The van der Waals surface area contributed by atoms with Gasteiger partial charge >= 0.3 is 11.9 Å². The highest BCUT2D eigenvalue weighted by atomic mass is 35.5. The molecule has 0 radical (unpaired) electrons. The van der Waals surface area contributed by atoms with Crippen molar-refractivity contribution >= 4 is 23.5 Å². The Morgan fingerprint density at radius 1 is 0.850 bits per heavy atom. The van der Waals surface area contributed by atoms with E-state index in [1.165, 1.54) is 14.2 Å². The number of ether oxygens (including phenoxy) is 3. The summed E-state index contributed by atoms with van der Waals surface area (Å²) in [7, 11) is 2.75. The van der Waals surface area contributed by atoms with E-state index in [9.17, 15) is 9.59 Å². The van der Waals surface area contributed by atoms with Crippen LogP contribution in [0.25, 0.3) is 11.1 Å². The lowest BCUT2D eigenvalue weighted by Crippen LogP contribution is -2.10. The Morgan fingerprint density at radius 2 is 1.52 bits per heavy atom. The van der Waals surface area contributed by atoms with Gasteiger partial charge in [0.1, 0.15) is 5.82 Å². The summed E-state index contributed by atoms with van der Waals surface area (Å²) in [6, 6.07) is 22.7. The molecule has 0 fully saturated rings. The standard InChI is InChI=1S/C32H33ClN2O5/c1-4-5-10-29-34-30(33)28(21-40-20-23-13-17-25(18-14-23)31(36)38-2)35(29)19-22-11-15-24(16-12-22)26-8-6-7-9-27(26)32(37)39-3/h6-9,11-18H,4-5,10,19-21H2,1-3H3. The minimum absolute atomic E-state index is 0.293. The van der Waals surface area contributed by atoms with Crippen LogP contribution in [0.2, 0.25) is 5.15 Å². The summed E-state index contributed by atoms with van der Waals surface area (Å²) < 4.78 is 17.9. The molecule has 0 aliphatic rings. The summed E-state index contributed by atoms with van der Waals surface area (Å²) in [4.78, 5) is 28.6. The summed E-state index contributed by atoms with van der Waals surface area (Å²) >= 11 is 6.61. The van der Waals surface area contributed by atoms with Gasteiger partial charge in [-0.1, -0.05) is 79.5 Å². The van der Waals surface area contributed by atoms with Crippen LogP contribution in [-0.4, -0.2) is 35.7 Å². The first-order chi connectivity index (χ1) is 19.4. The molecule has 0 amide bonds. The van der Waals surface area contributed by atoms with Gasteiger partial charge in [0.2, 0.25) is 0 Å². The maximum absolute atomic E-state index is 12.2. The van der Waals surface area contributed by atoms with Crippen LogP contribution >= 0.6 is 11.6 Å². The molecule has 3 aromatic carbocycles. The predicted octanol–water partition coefficient (Wildman–Crippen LogP) is 6.88. The van der Waals surface area contributed by atoms with Gasteiger partial charge in [0.25, 0.3) is 0 Å². The monoisotopic (exact) mass is 560 g/mol. The molecule has 4 aromatic rings. The lowest BCUT2D eigenvalue weighted by Gasteiger charge is -2.14. The number of unbranched alkanes of at least 4 members (excludes halogenated alkanes) is 1. The van der Waals surface area contributed by atoms with Crippen molar-refractivity contribution in [3.8, 4) is 11.1 Å². The number of imidazole rings is 1. The second-order valence-corrected chi connectivity index (χ2v) is 9.73. The number of carbonyl (C=O) groups excluding carboxylic acids is 2. The van der Waals surface area contributed by atoms with E-state index in [1.54, 1.807) is 18.2 Å². The zero-order valence-electron chi connectivity index (χ0n) is 23.0. The molecule has 0 spiro atoms. The topological polar surface area (TPSA) is 79.7 Å². The fourth-order valence-electron chi connectivity index (χ4n) is 4.47. The maximum atomic E-state index is 12.2. The molecule has 1 heterocycles. The first-order valence-corrected chi connectivity index (χ1v) is 13.6. The summed E-state index contributed by atoms with van der Waals surface area (Å²) in [6.07, 6.45) is 2.87. The van der Waals surface area contributed by atoms with E-state index in [-0.39, 0.29) is 11.9 Å². The Bertz CT molecular complexity index is 1450. The van der Waals surface area contributed by atoms with Gasteiger partial charge in [0.15, 0.2) is 5.15 Å². The van der Waals surface area contributed by atoms with Crippen molar-refractivity contribution in [1.82, 2.24) is 9.55 Å². The third kappa shape index (κ3) is 6.97. The summed E-state index contributed by atoms with van der Waals surface area (Å²) in [6.45, 7) is 3.39. The highest BCUT2D eigenvalue weighted by Crippen LogP contribution is 2.26. The van der Waals surface area contributed by atoms with Gasteiger partial charge in [-0.3, -0.25) is 0 Å². The predicted molar refractivity (Wildman–Crippen MR) is 154 cm³/mol. The molecule has 0 saturated heterocycles. The van der Waals surface area contributed by atoms with Gasteiger partial charge in [0.05, 0.1) is 44.3 Å². The van der Waals surface area contributed by atoms with Crippen LogP contribution in [0.3, 0.4) is 0 Å². The van der Waals surface area contributed by atoms with Gasteiger partial charge in [-0.15, -0.1) is 0 Å². The van der Waals surface area contributed by atoms with Gasteiger partial charge in [0, 0.05) is 13.0 Å². The summed E-state index contributed by atoms with van der Waals surface area (Å²) in [5.74, 6) is 0.189. The number of halogens is 1. The smallest absolute Gasteiger partial charge is 0.338 e. The van der Waals surface area contributed by atoms with Crippen molar-refractivity contribution in [2.45, 2.75) is 45.9 Å². The lowest BCUT2D eigenvalue weighted by atomic mass is 9.98. The average molecular weight is 561 g/mol. The van der Waals surface area contributed by atoms with Crippen LogP contribution in [0, 0.1) is 0 Å². The van der Waals surface area contributed by atoms with Gasteiger partial charge in [-0.2, -0.15) is 0 Å². The second kappa shape index (κ2) is 13.9. The molecule has 0 bridgehead atoms. The summed E-state index contributed by atoms with van der Waals surface area (Å²) in [5, 5.41) is 0.441. The first-order valence-electron chi connectivity index (χ1n) is 13.2. The minimum Gasteiger partial charge on any atom is -0.465 e. The molecule has 0 N–H and O–H groups in total. The molecule has 7 nitrogen and oxygen atoms in total. The molecule has 40 heavy (non-hydrogen) atoms. The van der Waals surface area contributed by atoms with E-state index in [1.807, 2.05) is 54.6 Å². The van der Waals surface area contributed by atoms with Crippen molar-refractivity contribution < 1.29 is 23.8 Å². The van der Waals surface area contributed by atoms with Crippen LogP contribution in [0.4, 0.5) is 0 Å². The summed E-state index contributed by atoms with van der Waals surface area (Å²) in [5.41, 5.74) is 5.60. The van der Waals surface area contributed by atoms with E-state index < -0.39 is 0 Å². The van der Waals surface area contributed by atoms with Gasteiger partial charge in [-0.05, 0) is 46.9 Å². The number of esters is 2. The zero-order valence-corrected chi connectivity index (χ0v) is 23.7. The number of nitrogens with zero attached hydrogens (tertiary/aromatic N) is 2. The molecule has 8 heteroatoms. The largest absolute Gasteiger partial charge is 0.465 e. The quantitative estimate of drug-likeness (QED) is 0.176. The highest BCUT2D eigenvalue weighted by molar-refractivity contribution is 6.30. The number of aryl methyl sites for hydroxylation is 1. The number of hydrogen-bond donors (Lipinski definition) is 0. The molecule has 4 rings (SSSR count). The van der Waals surface area contributed by atoms with Crippen LogP contribution in [0.5, 0.6) is 0 Å². The number of aromatic nitrogens is 2. The van der Waals surface area contributed by atoms with Crippen molar-refractivity contribution in [2.75, 3.05) is 14.2 Å². The molecule has 0 aliphatic heterocycles. The molecular formula is C32H33ClN2O5. The van der Waals surface area contributed by atoms with Crippen molar-refractivity contribution in [3.63, 3.8) is 0 Å². The molecule has 208 valence electrons. The Balaban J connectivity index is 1.51. The zero-order chi connectivity index (χ0) is 28.5. The van der Waals surface area contributed by atoms with Crippen molar-refractivity contribution in [2.24, 2.45) is 0 Å². The third-order valence-electron chi connectivity index (χ3n) is 6.68. The highest BCUT2D eigenvalue weighted by Gasteiger charge is 2.17. The van der Waals surface area contributed by atoms with E-state index in [2.05, 4.69) is 16.5 Å². The third-order valence-corrected chi connectivity index (χ3v) is 6.98. The number of methoxy groups -OCH3 is 2. The second-order valence-electron chi connectivity index (χ2n) is 9.37. The van der Waals surface area contributed by atoms with E-state index in [0.29, 0.717) is 36.0 Å². The van der Waals surface area contributed by atoms with E-state index >= 15 is 0 Å². The van der Waals surface area contributed by atoms with Crippen LogP contribution in [-0.2, 0) is 40.4 Å². The van der Waals surface area contributed by atoms with E-state index in [0.717, 1.165) is 53.0 Å². The average Bonchev–Trinajstić information content (AvgIpc) is 3.29. The number of benzene rings is 3. The van der Waals surface area contributed by atoms with Crippen LogP contribution < -0.4 is 0 Å². The Hall–Kier alpha value is -3.94. The molecular weight excluding hydrogens is 528 g/mol. The van der Waals surface area contributed by atoms with Gasteiger partial charge < -0.3 is 18.8 Å². The fraction of sp³-hybridized carbons (Fsp3) is 0.281. The molecule has 1 aromatic heterocycles. The minimum atomic E-state index is -0.372. The molecule has 0 saturated carbocycles. The first kappa shape index (κ1) is 29.1. The number of hydrogen-bond acceptors (Lipinski definition) is 6. The molecule has 0 unspecified atom stereocenters. The van der Waals surface area contributed by atoms with Gasteiger partial charge in [-0.25, -0.2) is 14.6 Å². The molecule has 0 atom stereocenters. The normalized spacial score (nSPS) is 10.9. The number of rotatable bonds is 12.